The lowest BCUT2D eigenvalue weighted by atomic mass is 10.1. The van der Waals surface area contributed by atoms with Crippen molar-refractivity contribution in [1.82, 2.24) is 5.32 Å². The fourth-order valence-electron chi connectivity index (χ4n) is 2.66. The second-order valence-electron chi connectivity index (χ2n) is 6.95. The molecule has 0 heterocycles. The van der Waals surface area contributed by atoms with Crippen molar-refractivity contribution >= 4 is 21.6 Å². The van der Waals surface area contributed by atoms with Crippen LogP contribution >= 0.6 is 0 Å². The lowest BCUT2D eigenvalue weighted by Crippen LogP contribution is -2.26. The molecule has 1 amide bonds. The highest BCUT2D eigenvalue weighted by molar-refractivity contribution is 7.92. The van der Waals surface area contributed by atoms with Crippen molar-refractivity contribution in [2.45, 2.75) is 32.8 Å². The van der Waals surface area contributed by atoms with E-state index in [2.05, 4.69) is 5.32 Å². The molecule has 0 aromatic heterocycles. The summed E-state index contributed by atoms with van der Waals surface area (Å²) >= 11 is 0. The van der Waals surface area contributed by atoms with Crippen molar-refractivity contribution in [2.75, 3.05) is 24.2 Å². The molecule has 0 unspecified atom stereocenters. The summed E-state index contributed by atoms with van der Waals surface area (Å²) in [6, 6.07) is 14.5. The minimum Gasteiger partial charge on any atom is -0.491 e. The van der Waals surface area contributed by atoms with E-state index in [9.17, 15) is 13.2 Å². The van der Waals surface area contributed by atoms with Crippen molar-refractivity contribution in [3.8, 4) is 5.75 Å². The molecule has 0 aliphatic heterocycles. The first-order valence-electron chi connectivity index (χ1n) is 9.24. The van der Waals surface area contributed by atoms with Gasteiger partial charge in [-0.15, -0.1) is 0 Å². The number of rotatable bonds is 9. The number of nitrogens with one attached hydrogen (secondary N) is 1. The van der Waals surface area contributed by atoms with E-state index in [0.717, 1.165) is 24.8 Å². The molecule has 0 radical (unpaired) electrons. The van der Waals surface area contributed by atoms with Gasteiger partial charge >= 0.3 is 0 Å². The molecule has 28 heavy (non-hydrogen) atoms. The quantitative estimate of drug-likeness (QED) is 0.651. The van der Waals surface area contributed by atoms with Crippen molar-refractivity contribution < 1.29 is 17.9 Å². The molecule has 0 aliphatic carbocycles. The van der Waals surface area contributed by atoms with Crippen molar-refractivity contribution in [1.29, 1.82) is 0 Å². The van der Waals surface area contributed by atoms with Crippen LogP contribution in [0.15, 0.2) is 48.5 Å². The van der Waals surface area contributed by atoms with E-state index in [-0.39, 0.29) is 12.0 Å². The lowest BCUT2D eigenvalue weighted by molar-refractivity contribution is 0.0953. The topological polar surface area (TPSA) is 75.7 Å². The fourth-order valence-corrected chi connectivity index (χ4v) is 3.16. The van der Waals surface area contributed by atoms with Gasteiger partial charge in [0.1, 0.15) is 5.75 Å². The predicted octanol–water partition coefficient (Wildman–Crippen LogP) is 3.23. The number of aryl methyl sites for hydroxylation is 1. The molecule has 2 aromatic rings. The minimum absolute atomic E-state index is 0.137. The van der Waals surface area contributed by atoms with Gasteiger partial charge in [0, 0.05) is 19.2 Å². The highest BCUT2D eigenvalue weighted by atomic mass is 32.2. The smallest absolute Gasteiger partial charge is 0.251 e. The Labute approximate surface area is 167 Å². The minimum atomic E-state index is -3.32. The molecule has 1 N–H and O–H groups in total. The number of sulfonamides is 1. The second kappa shape index (κ2) is 9.59. The zero-order valence-electron chi connectivity index (χ0n) is 16.8. The number of hydrogen-bond donors (Lipinski definition) is 1. The Morgan fingerprint density at radius 1 is 1.14 bits per heavy atom. The molecule has 0 aliphatic rings. The summed E-state index contributed by atoms with van der Waals surface area (Å²) in [5.41, 5.74) is 2.18. The summed E-state index contributed by atoms with van der Waals surface area (Å²) in [6.45, 7) is 4.54. The normalized spacial score (nSPS) is 11.3. The molecule has 2 rings (SSSR count). The van der Waals surface area contributed by atoms with Crippen molar-refractivity contribution in [3.63, 3.8) is 0 Å². The molecule has 0 atom stereocenters. The van der Waals surface area contributed by atoms with Gasteiger partial charge in [-0.1, -0.05) is 12.1 Å². The van der Waals surface area contributed by atoms with E-state index >= 15 is 0 Å². The Kier molecular flexibility index (Phi) is 7.45. The zero-order chi connectivity index (χ0) is 20.7. The van der Waals surface area contributed by atoms with Gasteiger partial charge < -0.3 is 10.1 Å². The third kappa shape index (κ3) is 6.56. The number of hydrogen-bond acceptors (Lipinski definition) is 4. The van der Waals surface area contributed by atoms with E-state index < -0.39 is 10.0 Å². The summed E-state index contributed by atoms with van der Waals surface area (Å²) in [4.78, 5) is 12.2. The molecular formula is C21H28N2O4S. The largest absolute Gasteiger partial charge is 0.491 e. The Hall–Kier alpha value is -2.54. The van der Waals surface area contributed by atoms with Crippen molar-refractivity contribution in [2.24, 2.45) is 0 Å². The van der Waals surface area contributed by atoms with Crippen LogP contribution in [0.5, 0.6) is 5.75 Å². The van der Waals surface area contributed by atoms with E-state index in [1.54, 1.807) is 24.3 Å². The Bertz CT molecular complexity index is 893. The fraction of sp³-hybridized carbons (Fsp3) is 0.381. The van der Waals surface area contributed by atoms with Gasteiger partial charge in [-0.05, 0) is 68.7 Å². The van der Waals surface area contributed by atoms with E-state index in [4.69, 9.17) is 4.74 Å². The molecule has 6 nitrogen and oxygen atoms in total. The van der Waals surface area contributed by atoms with Gasteiger partial charge in [0.25, 0.3) is 5.91 Å². The third-order valence-electron chi connectivity index (χ3n) is 4.19. The summed E-state index contributed by atoms with van der Waals surface area (Å²) in [5.74, 6) is 0.682. The molecule has 0 saturated heterocycles. The summed E-state index contributed by atoms with van der Waals surface area (Å²) in [6.07, 6.45) is 2.93. The SMILES string of the molecule is CC(C)Oc1cccc(CCCNC(=O)c2ccc(N(C)S(C)(=O)=O)cc2)c1. The number of anilines is 1. The molecule has 7 heteroatoms. The van der Waals surface area contributed by atoms with Gasteiger partial charge in [0.05, 0.1) is 18.0 Å². The van der Waals surface area contributed by atoms with E-state index in [0.29, 0.717) is 17.8 Å². The van der Waals surface area contributed by atoms with Crippen LogP contribution in [0.3, 0.4) is 0 Å². The van der Waals surface area contributed by atoms with Crippen LogP contribution in [-0.2, 0) is 16.4 Å². The number of nitrogens with zero attached hydrogens (tertiary/aromatic N) is 1. The number of carbonyl (C=O) groups excluding carboxylic acids is 1. The van der Waals surface area contributed by atoms with Crippen LogP contribution in [0.2, 0.25) is 0 Å². The zero-order valence-corrected chi connectivity index (χ0v) is 17.6. The molecule has 0 spiro atoms. The van der Waals surface area contributed by atoms with Crippen LogP contribution in [-0.4, -0.2) is 40.3 Å². The average molecular weight is 405 g/mol. The lowest BCUT2D eigenvalue weighted by Gasteiger charge is -2.16. The number of ether oxygens (including phenoxy) is 1. The molecule has 2 aromatic carbocycles. The predicted molar refractivity (Wildman–Crippen MR) is 113 cm³/mol. The number of benzene rings is 2. The summed E-state index contributed by atoms with van der Waals surface area (Å²) in [5, 5.41) is 2.89. The van der Waals surface area contributed by atoms with E-state index in [1.165, 1.54) is 16.9 Å². The van der Waals surface area contributed by atoms with Gasteiger partial charge in [0.15, 0.2) is 0 Å². The standard InChI is InChI=1S/C21H28N2O4S/c1-16(2)27-20-9-5-7-17(15-20)8-6-14-22-21(24)18-10-12-19(13-11-18)23(3)28(4,25)26/h5,7,9-13,15-16H,6,8,14H2,1-4H3,(H,22,24). The maximum absolute atomic E-state index is 12.2. The van der Waals surface area contributed by atoms with Gasteiger partial charge in [-0.3, -0.25) is 9.10 Å². The van der Waals surface area contributed by atoms with Crippen molar-refractivity contribution in [3.05, 3.63) is 59.7 Å². The van der Waals surface area contributed by atoms with Gasteiger partial charge in [-0.2, -0.15) is 0 Å². The Morgan fingerprint density at radius 2 is 1.82 bits per heavy atom. The second-order valence-corrected chi connectivity index (χ2v) is 8.96. The van der Waals surface area contributed by atoms with Crippen LogP contribution in [0.4, 0.5) is 5.69 Å². The first kappa shape index (κ1) is 21.8. The first-order chi connectivity index (χ1) is 13.2. The van der Waals surface area contributed by atoms with Crippen LogP contribution in [0.25, 0.3) is 0 Å². The maximum Gasteiger partial charge on any atom is 0.251 e. The Morgan fingerprint density at radius 3 is 2.43 bits per heavy atom. The van der Waals surface area contributed by atoms with Crippen LogP contribution in [0, 0.1) is 0 Å². The molecule has 0 saturated carbocycles. The highest BCUT2D eigenvalue weighted by Crippen LogP contribution is 2.17. The molecule has 0 fully saturated rings. The summed E-state index contributed by atoms with van der Waals surface area (Å²) in [7, 11) is -1.84. The molecular weight excluding hydrogens is 376 g/mol. The maximum atomic E-state index is 12.2. The number of amides is 1. The molecule has 152 valence electrons. The first-order valence-corrected chi connectivity index (χ1v) is 11.1. The third-order valence-corrected chi connectivity index (χ3v) is 5.39. The Balaban J connectivity index is 1.83. The van der Waals surface area contributed by atoms with Gasteiger partial charge in [0.2, 0.25) is 10.0 Å². The molecule has 0 bridgehead atoms. The average Bonchev–Trinajstić information content (AvgIpc) is 2.63. The highest BCUT2D eigenvalue weighted by Gasteiger charge is 2.12. The monoisotopic (exact) mass is 404 g/mol. The van der Waals surface area contributed by atoms with E-state index in [1.807, 2.05) is 38.1 Å². The summed E-state index contributed by atoms with van der Waals surface area (Å²) < 4.78 is 30.0. The van der Waals surface area contributed by atoms with Crippen LogP contribution < -0.4 is 14.4 Å². The van der Waals surface area contributed by atoms with Crippen LogP contribution in [0.1, 0.15) is 36.2 Å². The number of carbonyl (C=O) groups is 1. The van der Waals surface area contributed by atoms with Gasteiger partial charge in [-0.25, -0.2) is 8.42 Å².